The lowest BCUT2D eigenvalue weighted by Crippen LogP contribution is -2.44. The van der Waals surface area contributed by atoms with Crippen LogP contribution in [0.25, 0.3) is 0 Å². The van der Waals surface area contributed by atoms with Crippen LogP contribution in [0.5, 0.6) is 0 Å². The van der Waals surface area contributed by atoms with Gasteiger partial charge >= 0.3 is 5.97 Å². The van der Waals surface area contributed by atoms with E-state index in [-0.39, 0.29) is 11.8 Å². The number of nitrogens with one attached hydrogen (secondary N) is 1. The Bertz CT molecular complexity index is 332. The monoisotopic (exact) mass is 254 g/mol. The number of nitrogens with zero attached hydrogens (tertiary/aromatic N) is 1. The number of aliphatic carboxylic acids is 1. The third-order valence-electron chi connectivity index (χ3n) is 4.23. The summed E-state index contributed by atoms with van der Waals surface area (Å²) in [6.07, 6.45) is 3.54. The number of likely N-dealkylation sites (tertiary alicyclic amines) is 1. The van der Waals surface area contributed by atoms with Gasteiger partial charge < -0.3 is 15.3 Å². The van der Waals surface area contributed by atoms with Crippen molar-refractivity contribution >= 4 is 11.9 Å². The predicted octanol–water partition coefficient (Wildman–Crippen LogP) is 0.698. The van der Waals surface area contributed by atoms with Gasteiger partial charge in [-0.2, -0.15) is 0 Å². The molecule has 5 heteroatoms. The van der Waals surface area contributed by atoms with Crippen LogP contribution in [0.15, 0.2) is 0 Å². The van der Waals surface area contributed by atoms with E-state index in [1.165, 1.54) is 0 Å². The maximum absolute atomic E-state index is 12.1. The van der Waals surface area contributed by atoms with Crippen molar-refractivity contribution < 1.29 is 14.7 Å². The normalized spacial score (nSPS) is 30.5. The van der Waals surface area contributed by atoms with Crippen molar-refractivity contribution in [3.05, 3.63) is 0 Å². The number of hydrogen-bond donors (Lipinski definition) is 2. The number of carboxylic acids is 1. The zero-order valence-corrected chi connectivity index (χ0v) is 10.9. The molecule has 1 aliphatic carbocycles. The highest BCUT2D eigenvalue weighted by Crippen LogP contribution is 2.42. The largest absolute Gasteiger partial charge is 0.480 e. The second kappa shape index (κ2) is 5.69. The van der Waals surface area contributed by atoms with E-state index in [4.69, 9.17) is 0 Å². The lowest BCUT2D eigenvalue weighted by molar-refractivity contribution is -0.149. The van der Waals surface area contributed by atoms with Crippen molar-refractivity contribution in [2.45, 2.75) is 38.6 Å². The van der Waals surface area contributed by atoms with Crippen LogP contribution in [0, 0.1) is 11.8 Å². The van der Waals surface area contributed by atoms with E-state index < -0.39 is 12.0 Å². The highest BCUT2D eigenvalue weighted by molar-refractivity contribution is 5.84. The topological polar surface area (TPSA) is 69.6 Å². The molecule has 18 heavy (non-hydrogen) atoms. The van der Waals surface area contributed by atoms with Gasteiger partial charge in [0.15, 0.2) is 0 Å². The Kier molecular flexibility index (Phi) is 4.22. The lowest BCUT2D eigenvalue weighted by atomic mass is 9.94. The fraction of sp³-hybridized carbons (Fsp3) is 0.846. The minimum Gasteiger partial charge on any atom is -0.480 e. The summed E-state index contributed by atoms with van der Waals surface area (Å²) in [5, 5.41) is 12.4. The molecule has 0 aromatic carbocycles. The number of amides is 1. The Morgan fingerprint density at radius 3 is 2.83 bits per heavy atom. The molecule has 0 radical (unpaired) electrons. The molecule has 1 saturated heterocycles. The van der Waals surface area contributed by atoms with Crippen LogP contribution in [0.4, 0.5) is 0 Å². The Balaban J connectivity index is 1.98. The third kappa shape index (κ3) is 2.51. The summed E-state index contributed by atoms with van der Waals surface area (Å²) in [6, 6.07) is -0.577. The lowest BCUT2D eigenvalue weighted by Gasteiger charge is -2.24. The minimum atomic E-state index is -0.832. The Labute approximate surface area is 108 Å². The highest BCUT2D eigenvalue weighted by atomic mass is 16.4. The first-order valence-corrected chi connectivity index (χ1v) is 6.88. The molecule has 0 aromatic heterocycles. The summed E-state index contributed by atoms with van der Waals surface area (Å²) >= 11 is 0. The Hall–Kier alpha value is -1.10. The molecular weight excluding hydrogens is 232 g/mol. The van der Waals surface area contributed by atoms with Crippen LogP contribution in [-0.4, -0.2) is 47.6 Å². The third-order valence-corrected chi connectivity index (χ3v) is 4.23. The van der Waals surface area contributed by atoms with E-state index in [0.29, 0.717) is 25.4 Å². The second-order valence-electron chi connectivity index (χ2n) is 5.29. The molecule has 2 N–H and O–H groups in total. The first-order chi connectivity index (χ1) is 8.65. The molecule has 1 amide bonds. The number of carbonyl (C=O) groups is 2. The van der Waals surface area contributed by atoms with Gasteiger partial charge in [0.2, 0.25) is 5.91 Å². The highest BCUT2D eigenvalue weighted by Gasteiger charge is 2.49. The molecule has 2 aliphatic rings. The van der Waals surface area contributed by atoms with Crippen molar-refractivity contribution in [2.75, 3.05) is 19.6 Å². The first-order valence-electron chi connectivity index (χ1n) is 6.88. The van der Waals surface area contributed by atoms with Crippen LogP contribution in [0.3, 0.4) is 0 Å². The molecule has 2 fully saturated rings. The van der Waals surface area contributed by atoms with Crippen molar-refractivity contribution in [3.63, 3.8) is 0 Å². The summed E-state index contributed by atoms with van der Waals surface area (Å²) in [7, 11) is 0. The van der Waals surface area contributed by atoms with Crippen LogP contribution in [-0.2, 0) is 9.59 Å². The molecule has 3 atom stereocenters. The van der Waals surface area contributed by atoms with Gasteiger partial charge in [-0.1, -0.05) is 13.3 Å². The van der Waals surface area contributed by atoms with Crippen LogP contribution >= 0.6 is 0 Å². The number of carbonyl (C=O) groups excluding carboxylic acids is 1. The molecule has 0 bridgehead atoms. The predicted molar refractivity (Wildman–Crippen MR) is 67.1 cm³/mol. The molecule has 2 rings (SSSR count). The zero-order valence-electron chi connectivity index (χ0n) is 10.9. The molecule has 0 aromatic rings. The van der Waals surface area contributed by atoms with Crippen molar-refractivity contribution in [2.24, 2.45) is 11.8 Å². The van der Waals surface area contributed by atoms with Crippen molar-refractivity contribution in [3.8, 4) is 0 Å². The van der Waals surface area contributed by atoms with Gasteiger partial charge in [-0.3, -0.25) is 4.79 Å². The molecular formula is C13H22N2O3. The maximum Gasteiger partial charge on any atom is 0.326 e. The average Bonchev–Trinajstić information content (AvgIpc) is 2.87. The molecule has 3 unspecified atom stereocenters. The van der Waals surface area contributed by atoms with Crippen molar-refractivity contribution in [1.29, 1.82) is 0 Å². The van der Waals surface area contributed by atoms with Gasteiger partial charge in [-0.15, -0.1) is 0 Å². The summed E-state index contributed by atoms with van der Waals surface area (Å²) in [5.74, 6) is -0.251. The molecule has 1 aliphatic heterocycles. The van der Waals surface area contributed by atoms with E-state index in [2.05, 4.69) is 5.32 Å². The van der Waals surface area contributed by atoms with Crippen LogP contribution < -0.4 is 5.32 Å². The van der Waals surface area contributed by atoms with E-state index in [1.54, 1.807) is 4.90 Å². The number of hydrogen-bond acceptors (Lipinski definition) is 3. The smallest absolute Gasteiger partial charge is 0.326 e. The van der Waals surface area contributed by atoms with Gasteiger partial charge in [0.1, 0.15) is 6.04 Å². The quantitative estimate of drug-likeness (QED) is 0.709. The molecule has 5 nitrogen and oxygen atoms in total. The summed E-state index contributed by atoms with van der Waals surface area (Å²) in [6.45, 7) is 4.10. The van der Waals surface area contributed by atoms with Gasteiger partial charge in [0.25, 0.3) is 0 Å². The fourth-order valence-electron chi connectivity index (χ4n) is 3.39. The number of carboxylic acid groups (broad SMARTS) is 1. The van der Waals surface area contributed by atoms with E-state index in [0.717, 1.165) is 25.8 Å². The SMILES string of the molecule is CCNCCC(=O)N1CC2CCCC2C1C(=O)O. The van der Waals surface area contributed by atoms with Crippen LogP contribution in [0.1, 0.15) is 32.6 Å². The summed E-state index contributed by atoms with van der Waals surface area (Å²) < 4.78 is 0. The Morgan fingerprint density at radius 1 is 1.39 bits per heavy atom. The van der Waals surface area contributed by atoms with Gasteiger partial charge in [-0.25, -0.2) is 4.79 Å². The second-order valence-corrected chi connectivity index (χ2v) is 5.29. The molecule has 1 saturated carbocycles. The van der Waals surface area contributed by atoms with E-state index in [1.807, 2.05) is 6.92 Å². The van der Waals surface area contributed by atoms with Gasteiger partial charge in [0.05, 0.1) is 0 Å². The standard InChI is InChI=1S/C13H22N2O3/c1-2-14-7-6-11(16)15-8-9-4-3-5-10(9)12(15)13(17)18/h9-10,12,14H,2-8H2,1H3,(H,17,18). The first kappa shape index (κ1) is 13.3. The van der Waals surface area contributed by atoms with Crippen LogP contribution in [0.2, 0.25) is 0 Å². The summed E-state index contributed by atoms with van der Waals surface area (Å²) in [5.41, 5.74) is 0. The fourth-order valence-corrected chi connectivity index (χ4v) is 3.39. The average molecular weight is 254 g/mol. The number of rotatable bonds is 5. The number of fused-ring (bicyclic) bond motifs is 1. The maximum atomic E-state index is 12.1. The minimum absolute atomic E-state index is 0.0160. The summed E-state index contributed by atoms with van der Waals surface area (Å²) in [4.78, 5) is 25.1. The molecule has 0 spiro atoms. The Morgan fingerprint density at radius 2 is 2.17 bits per heavy atom. The van der Waals surface area contributed by atoms with Gasteiger partial charge in [-0.05, 0) is 31.2 Å². The molecule has 1 heterocycles. The van der Waals surface area contributed by atoms with Gasteiger partial charge in [0, 0.05) is 19.5 Å². The van der Waals surface area contributed by atoms with Crippen molar-refractivity contribution in [1.82, 2.24) is 10.2 Å². The molecule has 102 valence electrons. The zero-order chi connectivity index (χ0) is 13.1. The van der Waals surface area contributed by atoms with E-state index in [9.17, 15) is 14.7 Å². The van der Waals surface area contributed by atoms with E-state index >= 15 is 0 Å².